The molecule has 0 fully saturated rings. The van der Waals surface area contributed by atoms with Crippen molar-refractivity contribution in [2.75, 3.05) is 30.5 Å². The second-order valence-corrected chi connectivity index (χ2v) is 10.9. The molecule has 0 saturated heterocycles. The van der Waals surface area contributed by atoms with Crippen LogP contribution in [0.3, 0.4) is 0 Å². The minimum atomic E-state index is -0.965. The predicted octanol–water partition coefficient (Wildman–Crippen LogP) is 5.88. The van der Waals surface area contributed by atoms with Gasteiger partial charge in [0.25, 0.3) is 0 Å². The largest absolute Gasteiger partial charge is 0.497 e. The summed E-state index contributed by atoms with van der Waals surface area (Å²) in [5.41, 5.74) is -0.924. The predicted molar refractivity (Wildman–Crippen MR) is 161 cm³/mol. The first-order valence-electron chi connectivity index (χ1n) is 13.6. The van der Waals surface area contributed by atoms with E-state index in [0.29, 0.717) is 5.75 Å². The van der Waals surface area contributed by atoms with Crippen LogP contribution in [-0.2, 0) is 28.2 Å². The van der Waals surface area contributed by atoms with Gasteiger partial charge in [0.1, 0.15) is 29.4 Å². The summed E-state index contributed by atoms with van der Waals surface area (Å²) >= 11 is 6.27. The van der Waals surface area contributed by atoms with E-state index in [4.69, 9.17) is 25.8 Å². The van der Waals surface area contributed by atoms with Crippen molar-refractivity contribution in [1.29, 1.82) is 0 Å². The summed E-state index contributed by atoms with van der Waals surface area (Å²) in [6.07, 6.45) is -0.779. The van der Waals surface area contributed by atoms with E-state index in [1.54, 1.807) is 68.8 Å². The zero-order valence-corrected chi connectivity index (χ0v) is 24.8. The highest BCUT2D eigenvalue weighted by Gasteiger charge is 2.45. The maximum Gasteiger partial charge on any atom is 0.415 e. The molecule has 1 amide bonds. The van der Waals surface area contributed by atoms with Gasteiger partial charge in [0.2, 0.25) is 5.43 Å². The fraction of sp³-hybridized carbons (Fsp3) is 0.290. The Hall–Kier alpha value is -4.64. The van der Waals surface area contributed by atoms with Crippen LogP contribution in [-0.4, -0.2) is 41.9 Å². The van der Waals surface area contributed by atoms with Crippen LogP contribution in [0.4, 0.5) is 20.7 Å². The Balaban J connectivity index is 1.67. The first-order chi connectivity index (χ1) is 20.6. The maximum atomic E-state index is 15.6. The summed E-state index contributed by atoms with van der Waals surface area (Å²) in [7, 11) is 1.55. The molecule has 43 heavy (non-hydrogen) atoms. The fourth-order valence-electron chi connectivity index (χ4n) is 5.14. The lowest BCUT2D eigenvalue weighted by Gasteiger charge is -2.24. The van der Waals surface area contributed by atoms with E-state index in [0.717, 1.165) is 11.1 Å². The van der Waals surface area contributed by atoms with Gasteiger partial charge in [-0.15, -0.1) is 0 Å². The first kappa shape index (κ1) is 29.8. The Morgan fingerprint density at radius 2 is 1.77 bits per heavy atom. The Morgan fingerprint density at radius 3 is 2.42 bits per heavy atom. The summed E-state index contributed by atoms with van der Waals surface area (Å²) in [6, 6.07) is 16.1. The molecule has 5 rings (SSSR count). The van der Waals surface area contributed by atoms with E-state index < -0.39 is 39.6 Å². The molecular formula is C31H30ClFN4O6. The second kappa shape index (κ2) is 11.9. The van der Waals surface area contributed by atoms with Crippen molar-refractivity contribution in [1.82, 2.24) is 9.55 Å². The van der Waals surface area contributed by atoms with Crippen LogP contribution < -0.4 is 20.4 Å². The number of nitrogens with zero attached hydrogens (tertiary/aromatic N) is 3. The van der Waals surface area contributed by atoms with Crippen molar-refractivity contribution in [3.8, 4) is 5.75 Å². The third kappa shape index (κ3) is 5.60. The van der Waals surface area contributed by atoms with Gasteiger partial charge in [-0.1, -0.05) is 54.1 Å². The molecule has 0 spiro atoms. The van der Waals surface area contributed by atoms with Crippen molar-refractivity contribution < 1.29 is 28.2 Å². The third-order valence-corrected chi connectivity index (χ3v) is 7.37. The van der Waals surface area contributed by atoms with Gasteiger partial charge in [-0.2, -0.15) is 0 Å². The summed E-state index contributed by atoms with van der Waals surface area (Å²) < 4.78 is 33.2. The minimum Gasteiger partial charge on any atom is -0.497 e. The number of fused-ring (bicyclic) bond motifs is 3. The van der Waals surface area contributed by atoms with E-state index in [-0.39, 0.29) is 48.8 Å². The van der Waals surface area contributed by atoms with Crippen LogP contribution in [0.5, 0.6) is 5.75 Å². The van der Waals surface area contributed by atoms with E-state index >= 15 is 4.39 Å². The van der Waals surface area contributed by atoms with Crippen molar-refractivity contribution >= 4 is 46.2 Å². The van der Waals surface area contributed by atoms with Crippen LogP contribution in [0.1, 0.15) is 42.3 Å². The molecule has 0 radical (unpaired) electrons. The van der Waals surface area contributed by atoms with Crippen LogP contribution in [0.2, 0.25) is 5.15 Å². The Morgan fingerprint density at radius 1 is 1.07 bits per heavy atom. The first-order valence-corrected chi connectivity index (χ1v) is 14.0. The van der Waals surface area contributed by atoms with Crippen LogP contribution in [0.25, 0.3) is 11.0 Å². The molecule has 1 N–H and O–H groups in total. The average molecular weight is 609 g/mol. The van der Waals surface area contributed by atoms with Crippen LogP contribution in [0.15, 0.2) is 59.4 Å². The van der Waals surface area contributed by atoms with Crippen molar-refractivity contribution in [2.24, 2.45) is 0 Å². The van der Waals surface area contributed by atoms with Gasteiger partial charge in [-0.3, -0.25) is 9.69 Å². The van der Waals surface area contributed by atoms with Gasteiger partial charge in [-0.25, -0.2) is 19.0 Å². The average Bonchev–Trinajstić information content (AvgIpc) is 3.28. The van der Waals surface area contributed by atoms with Crippen LogP contribution >= 0.6 is 11.6 Å². The molecule has 1 aliphatic rings. The molecule has 12 heteroatoms. The summed E-state index contributed by atoms with van der Waals surface area (Å²) in [6.45, 7) is 5.26. The molecule has 2 aromatic carbocycles. The number of aromatic nitrogens is 2. The maximum absolute atomic E-state index is 15.6. The van der Waals surface area contributed by atoms with Gasteiger partial charge in [-0.05, 0) is 44.0 Å². The number of methoxy groups -OCH3 is 1. The number of carbonyl (C=O) groups is 2. The lowest BCUT2D eigenvalue weighted by atomic mass is 10.0. The molecule has 1 aliphatic heterocycles. The number of pyridine rings is 2. The zero-order chi connectivity index (χ0) is 30.9. The van der Waals surface area contributed by atoms with E-state index in [9.17, 15) is 14.4 Å². The van der Waals surface area contributed by atoms with Crippen molar-refractivity contribution in [3.63, 3.8) is 0 Å². The standard InChI is InChI=1S/C31H30ClFN4O6/c1-5-42-29(39)22-25(38)21-24(34-15-18-11-13-20(41-4)14-12-18)23(33)26(32)35-27(21)37-28(22)36(17-31(37,2)3)30(40)43-16-19-9-7-6-8-10-19/h6-14H,5,15-17H2,1-4H3,(H,34,35). The Labute approximate surface area is 251 Å². The number of nitrogens with one attached hydrogen (secondary N) is 1. The summed E-state index contributed by atoms with van der Waals surface area (Å²) in [5, 5.41) is 2.29. The molecule has 0 unspecified atom stereocenters. The smallest absolute Gasteiger partial charge is 0.415 e. The number of benzene rings is 2. The van der Waals surface area contributed by atoms with Crippen molar-refractivity contribution in [2.45, 2.75) is 39.5 Å². The molecule has 0 saturated carbocycles. The number of halogens is 2. The molecule has 0 atom stereocenters. The highest BCUT2D eigenvalue weighted by atomic mass is 35.5. The molecule has 4 aromatic rings. The molecule has 10 nitrogen and oxygen atoms in total. The zero-order valence-electron chi connectivity index (χ0n) is 24.1. The molecule has 224 valence electrons. The number of rotatable bonds is 8. The highest BCUT2D eigenvalue weighted by molar-refractivity contribution is 6.30. The normalized spacial score (nSPS) is 13.5. The van der Waals surface area contributed by atoms with Gasteiger partial charge in [0.15, 0.2) is 11.0 Å². The number of hydrogen-bond donors (Lipinski definition) is 1. The van der Waals surface area contributed by atoms with Gasteiger partial charge < -0.3 is 24.1 Å². The van der Waals surface area contributed by atoms with Crippen molar-refractivity contribution in [3.05, 3.63) is 92.5 Å². The lowest BCUT2D eigenvalue weighted by Crippen LogP contribution is -2.35. The molecule has 3 heterocycles. The fourth-order valence-corrected chi connectivity index (χ4v) is 5.31. The topological polar surface area (TPSA) is 112 Å². The number of anilines is 2. The van der Waals surface area contributed by atoms with E-state index in [1.807, 2.05) is 18.2 Å². The number of amides is 1. The Bertz CT molecular complexity index is 1760. The van der Waals surface area contributed by atoms with Crippen LogP contribution in [0, 0.1) is 5.82 Å². The number of esters is 1. The summed E-state index contributed by atoms with van der Waals surface area (Å²) in [4.78, 5) is 46.4. The molecule has 2 aromatic heterocycles. The molecule has 0 aliphatic carbocycles. The highest BCUT2D eigenvalue weighted by Crippen LogP contribution is 2.41. The minimum absolute atomic E-state index is 0.0000359. The monoisotopic (exact) mass is 608 g/mol. The molecular weight excluding hydrogens is 579 g/mol. The second-order valence-electron chi connectivity index (χ2n) is 10.5. The molecule has 0 bridgehead atoms. The van der Waals surface area contributed by atoms with E-state index in [1.165, 1.54) is 4.90 Å². The number of carbonyl (C=O) groups excluding carboxylic acids is 2. The van der Waals surface area contributed by atoms with E-state index in [2.05, 4.69) is 10.3 Å². The third-order valence-electron chi connectivity index (χ3n) is 7.12. The quantitative estimate of drug-likeness (QED) is 0.195. The number of ether oxygens (including phenoxy) is 3. The van der Waals surface area contributed by atoms with Gasteiger partial charge in [0.05, 0.1) is 36.9 Å². The summed E-state index contributed by atoms with van der Waals surface area (Å²) in [5.74, 6) is -1.33. The SMILES string of the molecule is CCOC(=O)c1c2n(c3nc(Cl)c(F)c(NCc4ccc(OC)cc4)c3c1=O)C(C)(C)CN2C(=O)OCc1ccccc1. The lowest BCUT2D eigenvalue weighted by molar-refractivity contribution is 0.0525. The number of hydrogen-bond acceptors (Lipinski definition) is 8. The Kier molecular flexibility index (Phi) is 8.27. The van der Waals surface area contributed by atoms with Gasteiger partial charge >= 0.3 is 12.1 Å². The van der Waals surface area contributed by atoms with Gasteiger partial charge in [0, 0.05) is 6.54 Å².